The highest BCUT2D eigenvalue weighted by Crippen LogP contribution is 2.19. The number of esters is 2. The number of rotatable bonds is 14. The lowest BCUT2D eigenvalue weighted by Gasteiger charge is -2.26. The number of aliphatic imine (C=N–C) groups is 1. The Morgan fingerprint density at radius 3 is 2.09 bits per heavy atom. The van der Waals surface area contributed by atoms with Gasteiger partial charge >= 0.3 is 11.9 Å². The Balaban J connectivity index is 2.02. The Bertz CT molecular complexity index is 888. The van der Waals surface area contributed by atoms with E-state index in [9.17, 15) is 9.59 Å². The first-order chi connectivity index (χ1) is 16.4. The zero-order valence-corrected chi connectivity index (χ0v) is 19.7. The fraction of sp³-hybridized carbons (Fsp3) is 0.423. The first kappa shape index (κ1) is 27.0. The normalized spacial score (nSPS) is 14.8. The number of carbonyl (C=O) groups excluding carboxylic acids is 2. The summed E-state index contributed by atoms with van der Waals surface area (Å²) in [7, 11) is 0. The summed E-state index contributed by atoms with van der Waals surface area (Å²) in [5.74, 6) is -2.01. The second-order valence-corrected chi connectivity index (χ2v) is 8.12. The van der Waals surface area contributed by atoms with E-state index < -0.39 is 37.2 Å². The minimum atomic E-state index is -0.742. The molecule has 0 aromatic heterocycles. The number of allylic oxidation sites excluding steroid dienone is 1. The van der Waals surface area contributed by atoms with Crippen LogP contribution in [0.3, 0.4) is 0 Å². The van der Waals surface area contributed by atoms with Gasteiger partial charge in [-0.1, -0.05) is 57.2 Å². The Hall–Kier alpha value is -3.23. The van der Waals surface area contributed by atoms with E-state index in [0.29, 0.717) is 0 Å². The maximum Gasteiger partial charge on any atom is 0.335 e. The number of nitrogens with zero attached hydrogens (tertiary/aromatic N) is 1. The highest BCUT2D eigenvalue weighted by Gasteiger charge is 2.26. The van der Waals surface area contributed by atoms with Crippen LogP contribution >= 0.6 is 0 Å². The van der Waals surface area contributed by atoms with E-state index in [0.717, 1.165) is 17.6 Å². The molecule has 0 fully saturated rings. The van der Waals surface area contributed by atoms with Gasteiger partial charge in [-0.3, -0.25) is 4.99 Å². The van der Waals surface area contributed by atoms with Crippen molar-refractivity contribution in [3.05, 3.63) is 65.9 Å². The fourth-order valence-electron chi connectivity index (χ4n) is 3.20. The third-order valence-electron chi connectivity index (χ3n) is 5.40. The van der Waals surface area contributed by atoms with Crippen LogP contribution in [0.25, 0.3) is 5.57 Å². The molecule has 0 radical (unpaired) electrons. The molecule has 0 aliphatic carbocycles. The lowest BCUT2D eigenvalue weighted by atomic mass is 10.0. The number of aryl methyl sites for hydroxylation is 1. The molecule has 8 heteroatoms. The minimum absolute atomic E-state index is 0.0789. The molecular formula is C26H34N2O6. The van der Waals surface area contributed by atoms with Crippen LogP contribution in [0, 0.1) is 5.92 Å². The number of unbranched alkanes of at least 4 members (excludes halogenated alkanes) is 2. The van der Waals surface area contributed by atoms with Gasteiger partial charge < -0.3 is 25.0 Å². The van der Waals surface area contributed by atoms with E-state index in [4.69, 9.17) is 19.7 Å². The van der Waals surface area contributed by atoms with Gasteiger partial charge in [-0.25, -0.2) is 9.59 Å². The molecule has 1 atom stereocenters. The number of carbonyl (C=O) groups is 2. The summed E-state index contributed by atoms with van der Waals surface area (Å²) in [6, 6.07) is 8.36. The van der Waals surface area contributed by atoms with Gasteiger partial charge in [0.05, 0.1) is 30.3 Å². The Kier molecular flexibility index (Phi) is 11.2. The number of aliphatic hydroxyl groups excluding tert-OH is 2. The van der Waals surface area contributed by atoms with Gasteiger partial charge in [-0.05, 0) is 24.0 Å². The molecule has 0 saturated carbocycles. The molecule has 8 nitrogen and oxygen atoms in total. The van der Waals surface area contributed by atoms with Crippen molar-refractivity contribution in [3.63, 3.8) is 0 Å². The molecule has 2 rings (SSSR count). The van der Waals surface area contributed by atoms with Crippen molar-refractivity contribution >= 4 is 23.7 Å². The van der Waals surface area contributed by atoms with Crippen LogP contribution in [-0.4, -0.2) is 61.0 Å². The van der Waals surface area contributed by atoms with Crippen LogP contribution < -0.4 is 5.32 Å². The van der Waals surface area contributed by atoms with Crippen molar-refractivity contribution in [2.45, 2.75) is 38.8 Å². The van der Waals surface area contributed by atoms with Crippen LogP contribution in [0.2, 0.25) is 0 Å². The third kappa shape index (κ3) is 8.28. The van der Waals surface area contributed by atoms with Crippen LogP contribution in [-0.2, 0) is 25.5 Å². The molecule has 0 bridgehead atoms. The number of aliphatic hydroxyl groups is 2. The topological polar surface area (TPSA) is 117 Å². The molecule has 1 unspecified atom stereocenters. The summed E-state index contributed by atoms with van der Waals surface area (Å²) >= 11 is 0. The lowest BCUT2D eigenvalue weighted by molar-refractivity contribution is -0.145. The summed E-state index contributed by atoms with van der Waals surface area (Å²) in [4.78, 5) is 28.3. The van der Waals surface area contributed by atoms with Crippen molar-refractivity contribution in [2.75, 3.05) is 26.4 Å². The SMILES string of the molecule is C=C(CO)C(=O)OCC(COC(=O)C(=C)CO)C1N=CC(c2ccc(CCCCC)cc2)=CN1. The first-order valence-corrected chi connectivity index (χ1v) is 11.4. The Morgan fingerprint density at radius 2 is 1.62 bits per heavy atom. The van der Waals surface area contributed by atoms with E-state index in [1.165, 1.54) is 24.8 Å². The number of hydrogen-bond donors (Lipinski definition) is 3. The van der Waals surface area contributed by atoms with Gasteiger partial charge in [0.25, 0.3) is 0 Å². The molecule has 0 saturated heterocycles. The predicted molar refractivity (Wildman–Crippen MR) is 131 cm³/mol. The second-order valence-electron chi connectivity index (χ2n) is 8.12. The maximum absolute atomic E-state index is 11.9. The first-order valence-electron chi connectivity index (χ1n) is 11.4. The lowest BCUT2D eigenvalue weighted by Crippen LogP contribution is -2.39. The molecule has 0 amide bonds. The van der Waals surface area contributed by atoms with E-state index in [-0.39, 0.29) is 24.4 Å². The summed E-state index contributed by atoms with van der Waals surface area (Å²) in [5, 5.41) is 21.3. The smallest absolute Gasteiger partial charge is 0.335 e. The van der Waals surface area contributed by atoms with Gasteiger partial charge in [0.1, 0.15) is 19.4 Å². The highest BCUT2D eigenvalue weighted by atomic mass is 16.5. The van der Waals surface area contributed by atoms with E-state index in [1.807, 2.05) is 6.20 Å². The third-order valence-corrected chi connectivity index (χ3v) is 5.40. The van der Waals surface area contributed by atoms with Crippen molar-refractivity contribution < 1.29 is 29.3 Å². The Morgan fingerprint density at radius 1 is 1.03 bits per heavy atom. The number of benzene rings is 1. The molecule has 1 aliphatic rings. The quantitative estimate of drug-likeness (QED) is 0.217. The van der Waals surface area contributed by atoms with E-state index >= 15 is 0 Å². The molecule has 1 aromatic rings. The number of hydrogen-bond acceptors (Lipinski definition) is 8. The van der Waals surface area contributed by atoms with Crippen molar-refractivity contribution in [3.8, 4) is 0 Å². The molecule has 0 spiro atoms. The van der Waals surface area contributed by atoms with Crippen LogP contribution in [0.5, 0.6) is 0 Å². The molecule has 3 N–H and O–H groups in total. The van der Waals surface area contributed by atoms with E-state index in [1.54, 1.807) is 6.21 Å². The highest BCUT2D eigenvalue weighted by molar-refractivity contribution is 6.10. The van der Waals surface area contributed by atoms with E-state index in [2.05, 4.69) is 54.7 Å². The molecular weight excluding hydrogens is 436 g/mol. The van der Waals surface area contributed by atoms with Crippen molar-refractivity contribution in [1.82, 2.24) is 5.32 Å². The summed E-state index contributed by atoms with van der Waals surface area (Å²) in [5.41, 5.74) is 3.05. The average molecular weight is 471 g/mol. The molecule has 34 heavy (non-hydrogen) atoms. The Labute approximate surface area is 200 Å². The monoisotopic (exact) mass is 470 g/mol. The number of nitrogens with one attached hydrogen (secondary N) is 1. The van der Waals surface area contributed by atoms with Gasteiger partial charge in [0.2, 0.25) is 0 Å². The maximum atomic E-state index is 11.9. The number of ether oxygens (including phenoxy) is 2. The molecule has 1 aromatic carbocycles. The predicted octanol–water partition coefficient (Wildman–Crippen LogP) is 2.56. The van der Waals surface area contributed by atoms with Crippen LogP contribution in [0.15, 0.2) is 59.8 Å². The van der Waals surface area contributed by atoms with Gasteiger partial charge in [0.15, 0.2) is 0 Å². The largest absolute Gasteiger partial charge is 0.462 e. The van der Waals surface area contributed by atoms with Crippen LogP contribution in [0.1, 0.15) is 37.3 Å². The molecule has 184 valence electrons. The average Bonchev–Trinajstić information content (AvgIpc) is 2.88. The standard InChI is InChI=1S/C26H34N2O6/c1-4-5-6-7-20-8-10-21(11-9-20)22-12-27-24(28-13-22)23(16-33-25(31)18(2)14-29)17-34-26(32)19(3)15-30/h8-13,23-24,27,29-30H,2-7,14-17H2,1H3. The van der Waals surface area contributed by atoms with Crippen molar-refractivity contribution in [2.24, 2.45) is 10.9 Å². The van der Waals surface area contributed by atoms with Gasteiger partial charge in [-0.15, -0.1) is 0 Å². The zero-order valence-electron chi connectivity index (χ0n) is 19.7. The van der Waals surface area contributed by atoms with Crippen molar-refractivity contribution in [1.29, 1.82) is 0 Å². The summed E-state index contributed by atoms with van der Waals surface area (Å²) < 4.78 is 10.4. The van der Waals surface area contributed by atoms with Gasteiger partial charge in [-0.2, -0.15) is 0 Å². The molecule has 1 aliphatic heterocycles. The van der Waals surface area contributed by atoms with Crippen LogP contribution in [0.4, 0.5) is 0 Å². The fourth-order valence-corrected chi connectivity index (χ4v) is 3.20. The minimum Gasteiger partial charge on any atom is -0.462 e. The second kappa shape index (κ2) is 14.1. The van der Waals surface area contributed by atoms with Gasteiger partial charge in [0, 0.05) is 18.0 Å². The summed E-state index contributed by atoms with van der Waals surface area (Å²) in [6.45, 7) is 7.79. The summed E-state index contributed by atoms with van der Waals surface area (Å²) in [6.07, 6.45) is 7.67. The zero-order chi connectivity index (χ0) is 24.9. The molecule has 1 heterocycles.